The number of hydrogen-bond acceptors (Lipinski definition) is 5. The lowest BCUT2D eigenvalue weighted by Gasteiger charge is -2.21. The zero-order valence-corrected chi connectivity index (χ0v) is 17.2. The molecule has 2 aromatic heterocycles. The van der Waals surface area contributed by atoms with Gasteiger partial charge in [-0.1, -0.05) is 23.7 Å². The Morgan fingerprint density at radius 1 is 1.43 bits per heavy atom. The van der Waals surface area contributed by atoms with E-state index in [1.165, 1.54) is 35.9 Å². The number of benzene rings is 1. The van der Waals surface area contributed by atoms with Crippen molar-refractivity contribution in [1.29, 1.82) is 0 Å². The van der Waals surface area contributed by atoms with Gasteiger partial charge in [0.05, 0.1) is 30.4 Å². The van der Waals surface area contributed by atoms with Crippen LogP contribution in [0.5, 0.6) is 5.75 Å². The van der Waals surface area contributed by atoms with Crippen LogP contribution in [0.3, 0.4) is 0 Å². The maximum atomic E-state index is 14.8. The summed E-state index contributed by atoms with van der Waals surface area (Å²) in [6.45, 7) is 2.00. The molecule has 0 unspecified atom stereocenters. The summed E-state index contributed by atoms with van der Waals surface area (Å²) in [4.78, 5) is 32.3. The Hall–Kier alpha value is -3.13. The molecule has 3 rings (SSSR count). The first-order chi connectivity index (χ1) is 14.3. The van der Waals surface area contributed by atoms with Crippen molar-refractivity contribution in [3.05, 3.63) is 80.5 Å². The summed E-state index contributed by atoms with van der Waals surface area (Å²) >= 11 is 5.91. The minimum atomic E-state index is -1.07. The summed E-state index contributed by atoms with van der Waals surface area (Å²) in [5.74, 6) is -2.79. The Labute approximate surface area is 177 Å². The molecule has 9 heteroatoms. The first-order valence-corrected chi connectivity index (χ1v) is 9.62. The van der Waals surface area contributed by atoms with E-state index in [0.717, 1.165) is 5.69 Å². The van der Waals surface area contributed by atoms with Gasteiger partial charge < -0.3 is 19.4 Å². The standard InChI is InChI=1S/C21H21ClFN3O4/c1-12-8-17(27)19(21(29)26(12)7-6-13-10-24-11-25-13)15(9-18(28)30-2)14-4-3-5-16(22)20(14)23/h3-5,8,10-11,15,27H,6-7,9H2,1-2H3,(H,24,25)/t15-/m1/s1. The molecule has 2 N–H and O–H groups in total. The molecule has 1 aromatic carbocycles. The monoisotopic (exact) mass is 433 g/mol. The average molecular weight is 434 g/mol. The molecule has 0 radical (unpaired) electrons. The fourth-order valence-electron chi connectivity index (χ4n) is 3.43. The molecular weight excluding hydrogens is 413 g/mol. The second-order valence-corrected chi connectivity index (χ2v) is 7.25. The fourth-order valence-corrected chi connectivity index (χ4v) is 3.62. The molecule has 30 heavy (non-hydrogen) atoms. The summed E-state index contributed by atoms with van der Waals surface area (Å²) in [7, 11) is 1.20. The highest BCUT2D eigenvalue weighted by atomic mass is 35.5. The van der Waals surface area contributed by atoms with Crippen LogP contribution in [0, 0.1) is 12.7 Å². The number of aromatic nitrogens is 3. The van der Waals surface area contributed by atoms with Crippen molar-refractivity contribution in [3.8, 4) is 5.75 Å². The maximum absolute atomic E-state index is 14.8. The lowest BCUT2D eigenvalue weighted by molar-refractivity contribution is -0.140. The fraction of sp³-hybridized carbons (Fsp3) is 0.286. The number of methoxy groups -OCH3 is 1. The van der Waals surface area contributed by atoms with Crippen molar-refractivity contribution in [2.75, 3.05) is 7.11 Å². The molecule has 0 aliphatic rings. The molecule has 0 aliphatic carbocycles. The van der Waals surface area contributed by atoms with Gasteiger partial charge in [-0.05, 0) is 24.6 Å². The van der Waals surface area contributed by atoms with Gasteiger partial charge in [-0.2, -0.15) is 0 Å². The Morgan fingerprint density at radius 3 is 2.87 bits per heavy atom. The van der Waals surface area contributed by atoms with Gasteiger partial charge in [-0.15, -0.1) is 0 Å². The van der Waals surface area contributed by atoms with Gasteiger partial charge in [0.2, 0.25) is 0 Å². The number of H-pyrrole nitrogens is 1. The van der Waals surface area contributed by atoms with Gasteiger partial charge in [-0.25, -0.2) is 9.37 Å². The second-order valence-electron chi connectivity index (χ2n) is 6.84. The van der Waals surface area contributed by atoms with Crippen LogP contribution in [0.4, 0.5) is 4.39 Å². The molecule has 2 heterocycles. The van der Waals surface area contributed by atoms with Gasteiger partial charge in [0.15, 0.2) is 0 Å². The van der Waals surface area contributed by atoms with Gasteiger partial charge in [-0.3, -0.25) is 9.59 Å². The van der Waals surface area contributed by atoms with Crippen molar-refractivity contribution >= 4 is 17.6 Å². The maximum Gasteiger partial charge on any atom is 0.306 e. The molecule has 158 valence electrons. The van der Waals surface area contributed by atoms with Crippen LogP contribution in [-0.2, 0) is 22.5 Å². The Bertz CT molecular complexity index is 1110. The van der Waals surface area contributed by atoms with Crippen LogP contribution >= 0.6 is 11.6 Å². The minimum absolute atomic E-state index is 0.0317. The van der Waals surface area contributed by atoms with Crippen molar-refractivity contribution in [2.45, 2.75) is 32.2 Å². The number of halogens is 2. The zero-order chi connectivity index (χ0) is 21.8. The van der Waals surface area contributed by atoms with E-state index in [4.69, 9.17) is 16.3 Å². The normalized spacial score (nSPS) is 12.0. The summed E-state index contributed by atoms with van der Waals surface area (Å²) < 4.78 is 21.0. The molecule has 0 spiro atoms. The highest BCUT2D eigenvalue weighted by Crippen LogP contribution is 2.35. The van der Waals surface area contributed by atoms with E-state index in [1.807, 2.05) is 0 Å². The molecular formula is C21H21ClFN3O4. The lowest BCUT2D eigenvalue weighted by atomic mass is 9.88. The van der Waals surface area contributed by atoms with E-state index >= 15 is 0 Å². The van der Waals surface area contributed by atoms with Crippen molar-refractivity contribution in [1.82, 2.24) is 14.5 Å². The number of ether oxygens (including phenoxy) is 1. The van der Waals surface area contributed by atoms with Crippen LogP contribution in [0.25, 0.3) is 0 Å². The largest absolute Gasteiger partial charge is 0.507 e. The smallest absolute Gasteiger partial charge is 0.306 e. The molecule has 0 bridgehead atoms. The average Bonchev–Trinajstić information content (AvgIpc) is 3.22. The van der Waals surface area contributed by atoms with Crippen LogP contribution < -0.4 is 5.56 Å². The van der Waals surface area contributed by atoms with Gasteiger partial charge in [0.25, 0.3) is 5.56 Å². The first-order valence-electron chi connectivity index (χ1n) is 9.24. The second kappa shape index (κ2) is 9.13. The highest BCUT2D eigenvalue weighted by molar-refractivity contribution is 6.30. The van der Waals surface area contributed by atoms with Crippen LogP contribution in [0.2, 0.25) is 5.02 Å². The predicted molar refractivity (Wildman–Crippen MR) is 109 cm³/mol. The summed E-state index contributed by atoms with van der Waals surface area (Å²) in [6, 6.07) is 5.75. The van der Waals surface area contributed by atoms with Crippen LogP contribution in [-0.4, -0.2) is 32.7 Å². The number of imidazole rings is 1. The molecule has 0 saturated heterocycles. The van der Waals surface area contributed by atoms with Crippen molar-refractivity contribution < 1.29 is 19.0 Å². The molecule has 0 saturated carbocycles. The predicted octanol–water partition coefficient (Wildman–Crippen LogP) is 3.32. The summed E-state index contributed by atoms with van der Waals surface area (Å²) in [5.41, 5.74) is 0.799. The number of esters is 1. The SMILES string of the molecule is COC(=O)C[C@H](c1cccc(Cl)c1F)c1c(O)cc(C)n(CCc2cnc[nH]2)c1=O. The number of nitrogens with one attached hydrogen (secondary N) is 1. The summed E-state index contributed by atoms with van der Waals surface area (Å²) in [6.07, 6.45) is 3.36. The molecule has 7 nitrogen and oxygen atoms in total. The molecule has 1 atom stereocenters. The number of aryl methyl sites for hydroxylation is 2. The highest BCUT2D eigenvalue weighted by Gasteiger charge is 2.29. The number of rotatable bonds is 7. The number of aromatic hydroxyl groups is 1. The zero-order valence-electron chi connectivity index (χ0n) is 16.5. The van der Waals surface area contributed by atoms with E-state index in [-0.39, 0.29) is 28.3 Å². The summed E-state index contributed by atoms with van der Waals surface area (Å²) in [5, 5.41) is 10.4. The van der Waals surface area contributed by atoms with Gasteiger partial charge in [0.1, 0.15) is 11.6 Å². The number of aromatic amines is 1. The topological polar surface area (TPSA) is 97.2 Å². The number of nitrogens with zero attached hydrogens (tertiary/aromatic N) is 2. The van der Waals surface area contributed by atoms with Crippen LogP contribution in [0.15, 0.2) is 41.6 Å². The van der Waals surface area contributed by atoms with Gasteiger partial charge in [0, 0.05) is 36.5 Å². The van der Waals surface area contributed by atoms with E-state index in [2.05, 4.69) is 9.97 Å². The molecule has 3 aromatic rings. The Balaban J connectivity index is 2.12. The van der Waals surface area contributed by atoms with E-state index < -0.39 is 23.3 Å². The van der Waals surface area contributed by atoms with Crippen LogP contribution in [0.1, 0.15) is 34.9 Å². The molecule has 0 fully saturated rings. The first kappa shape index (κ1) is 21.6. The third kappa shape index (κ3) is 4.38. The minimum Gasteiger partial charge on any atom is -0.507 e. The Morgan fingerprint density at radius 2 is 2.20 bits per heavy atom. The number of carbonyl (C=O) groups is 1. The third-order valence-electron chi connectivity index (χ3n) is 4.99. The third-order valence-corrected chi connectivity index (χ3v) is 5.28. The number of carbonyl (C=O) groups excluding carboxylic acids is 1. The number of hydrogen-bond donors (Lipinski definition) is 2. The lowest BCUT2D eigenvalue weighted by Crippen LogP contribution is -2.29. The number of pyridine rings is 1. The molecule has 0 amide bonds. The quantitative estimate of drug-likeness (QED) is 0.557. The molecule has 0 aliphatic heterocycles. The Kier molecular flexibility index (Phi) is 6.56. The van der Waals surface area contributed by atoms with E-state index in [1.54, 1.807) is 19.4 Å². The van der Waals surface area contributed by atoms with Crippen molar-refractivity contribution in [3.63, 3.8) is 0 Å². The van der Waals surface area contributed by atoms with E-state index in [0.29, 0.717) is 18.7 Å². The van der Waals surface area contributed by atoms with E-state index in [9.17, 15) is 19.1 Å². The van der Waals surface area contributed by atoms with Crippen molar-refractivity contribution in [2.24, 2.45) is 0 Å². The van der Waals surface area contributed by atoms with Gasteiger partial charge >= 0.3 is 5.97 Å².